The van der Waals surface area contributed by atoms with Gasteiger partial charge < -0.3 is 9.47 Å². The number of methoxy groups -OCH3 is 1. The molecule has 0 saturated carbocycles. The molecule has 0 aliphatic rings. The lowest BCUT2D eigenvalue weighted by atomic mass is 10.1. The number of amides is 1. The molecule has 0 saturated heterocycles. The average Bonchev–Trinajstić information content (AvgIpc) is 2.80. The number of rotatable bonds is 8. The van der Waals surface area contributed by atoms with Gasteiger partial charge in [-0.05, 0) is 59.2 Å². The minimum absolute atomic E-state index is 0.225. The highest BCUT2D eigenvalue weighted by Gasteiger charge is 2.03. The number of halogens is 1. The van der Waals surface area contributed by atoms with Crippen LogP contribution in [0.15, 0.2) is 88.4 Å². The summed E-state index contributed by atoms with van der Waals surface area (Å²) in [5, 5.41) is 3.97. The Balaban J connectivity index is 1.51. The van der Waals surface area contributed by atoms with E-state index in [1.54, 1.807) is 37.5 Å². The van der Waals surface area contributed by atoms with Crippen LogP contribution in [0, 0.1) is 0 Å². The molecule has 0 unspecified atom stereocenters. The number of ether oxygens (including phenoxy) is 2. The van der Waals surface area contributed by atoms with Crippen LogP contribution in [-0.4, -0.2) is 25.2 Å². The van der Waals surface area contributed by atoms with Crippen molar-refractivity contribution >= 4 is 40.1 Å². The third-order valence-corrected chi connectivity index (χ3v) is 4.81. The van der Waals surface area contributed by atoms with E-state index in [2.05, 4.69) is 26.5 Å². The summed E-state index contributed by atoms with van der Waals surface area (Å²) in [7, 11) is 1.60. The maximum absolute atomic E-state index is 12.1. The molecule has 3 aromatic carbocycles. The summed E-state index contributed by atoms with van der Waals surface area (Å²) in [5.74, 6) is 0.389. The molecule has 162 valence electrons. The maximum Gasteiger partial charge on any atom is 0.336 e. The molecule has 3 aromatic rings. The molecule has 0 radical (unpaired) electrons. The first-order valence-corrected chi connectivity index (χ1v) is 10.5. The monoisotopic (exact) mass is 492 g/mol. The zero-order chi connectivity index (χ0) is 22.8. The highest BCUT2D eigenvalue weighted by atomic mass is 79.9. The van der Waals surface area contributed by atoms with E-state index in [1.807, 2.05) is 48.5 Å². The molecule has 0 heterocycles. The number of hydrazone groups is 1. The van der Waals surface area contributed by atoms with Crippen molar-refractivity contribution in [2.45, 2.75) is 6.42 Å². The summed E-state index contributed by atoms with van der Waals surface area (Å²) < 4.78 is 11.4. The van der Waals surface area contributed by atoms with Crippen molar-refractivity contribution < 1.29 is 19.1 Å². The van der Waals surface area contributed by atoms with Gasteiger partial charge in [-0.3, -0.25) is 4.79 Å². The minimum Gasteiger partial charge on any atom is -0.497 e. The molecule has 7 heteroatoms. The summed E-state index contributed by atoms with van der Waals surface area (Å²) >= 11 is 3.36. The lowest BCUT2D eigenvalue weighted by Gasteiger charge is -2.03. The largest absolute Gasteiger partial charge is 0.497 e. The lowest BCUT2D eigenvalue weighted by molar-refractivity contribution is -0.129. The normalized spacial score (nSPS) is 10.9. The van der Waals surface area contributed by atoms with Crippen molar-refractivity contribution in [3.05, 3.63) is 100 Å². The van der Waals surface area contributed by atoms with Crippen molar-refractivity contribution in [2.24, 2.45) is 5.10 Å². The van der Waals surface area contributed by atoms with E-state index in [1.165, 1.54) is 12.3 Å². The molecule has 1 N–H and O–H groups in total. The van der Waals surface area contributed by atoms with Crippen molar-refractivity contribution in [3.63, 3.8) is 0 Å². The molecule has 0 aliphatic carbocycles. The SMILES string of the molecule is COc1ccc(/C=C/C(=O)Oc2cccc(/C=N\NC(=O)Cc3ccc(Br)cc3)c2)cc1. The Morgan fingerprint density at radius 1 is 0.969 bits per heavy atom. The summed E-state index contributed by atoms with van der Waals surface area (Å²) in [4.78, 5) is 24.1. The van der Waals surface area contributed by atoms with Gasteiger partial charge in [-0.15, -0.1) is 0 Å². The zero-order valence-electron chi connectivity index (χ0n) is 17.3. The number of nitrogens with zero attached hydrogens (tertiary/aromatic N) is 1. The van der Waals surface area contributed by atoms with E-state index in [0.29, 0.717) is 11.3 Å². The Morgan fingerprint density at radius 3 is 2.44 bits per heavy atom. The third-order valence-electron chi connectivity index (χ3n) is 4.29. The van der Waals surface area contributed by atoms with Gasteiger partial charge in [0.15, 0.2) is 0 Å². The number of carbonyl (C=O) groups excluding carboxylic acids is 2. The van der Waals surface area contributed by atoms with Crippen LogP contribution in [0.3, 0.4) is 0 Å². The number of nitrogens with one attached hydrogen (secondary N) is 1. The fourth-order valence-corrected chi connectivity index (χ4v) is 2.96. The minimum atomic E-state index is -0.502. The molecule has 0 fully saturated rings. The highest BCUT2D eigenvalue weighted by molar-refractivity contribution is 9.10. The van der Waals surface area contributed by atoms with Crippen LogP contribution in [0.1, 0.15) is 16.7 Å². The van der Waals surface area contributed by atoms with Crippen molar-refractivity contribution in [1.82, 2.24) is 5.43 Å². The average molecular weight is 493 g/mol. The summed E-state index contributed by atoms with van der Waals surface area (Å²) in [6, 6.07) is 21.6. The Kier molecular flexibility index (Phi) is 8.34. The van der Waals surface area contributed by atoms with Gasteiger partial charge in [0.25, 0.3) is 0 Å². The number of carbonyl (C=O) groups is 2. The van der Waals surface area contributed by atoms with Gasteiger partial charge in [-0.2, -0.15) is 5.10 Å². The fourth-order valence-electron chi connectivity index (χ4n) is 2.69. The molecule has 3 rings (SSSR count). The van der Waals surface area contributed by atoms with Gasteiger partial charge >= 0.3 is 5.97 Å². The van der Waals surface area contributed by atoms with Crippen LogP contribution >= 0.6 is 15.9 Å². The third kappa shape index (κ3) is 7.52. The van der Waals surface area contributed by atoms with Crippen LogP contribution in [0.25, 0.3) is 6.08 Å². The number of benzene rings is 3. The van der Waals surface area contributed by atoms with Gasteiger partial charge in [-0.25, -0.2) is 10.2 Å². The van der Waals surface area contributed by atoms with E-state index in [4.69, 9.17) is 9.47 Å². The molecule has 1 amide bonds. The van der Waals surface area contributed by atoms with Gasteiger partial charge in [0.2, 0.25) is 5.91 Å². The van der Waals surface area contributed by atoms with Gasteiger partial charge in [0.1, 0.15) is 11.5 Å². The van der Waals surface area contributed by atoms with Crippen LogP contribution in [0.4, 0.5) is 0 Å². The molecule has 0 bridgehead atoms. The van der Waals surface area contributed by atoms with Gasteiger partial charge in [-0.1, -0.05) is 52.3 Å². The van der Waals surface area contributed by atoms with E-state index >= 15 is 0 Å². The molecule has 0 spiro atoms. The fraction of sp³-hybridized carbons (Fsp3) is 0.0800. The molecule has 0 atom stereocenters. The first kappa shape index (κ1) is 23.0. The van der Waals surface area contributed by atoms with Gasteiger partial charge in [0, 0.05) is 10.5 Å². The molecule has 32 heavy (non-hydrogen) atoms. The highest BCUT2D eigenvalue weighted by Crippen LogP contribution is 2.15. The smallest absolute Gasteiger partial charge is 0.336 e. The Hall–Kier alpha value is -3.71. The molecular formula is C25H21BrN2O4. The summed E-state index contributed by atoms with van der Waals surface area (Å²) in [6.07, 6.45) is 4.73. The van der Waals surface area contributed by atoms with Crippen LogP contribution in [0.2, 0.25) is 0 Å². The van der Waals surface area contributed by atoms with E-state index in [0.717, 1.165) is 21.3 Å². The predicted octanol–water partition coefficient (Wildman–Crippen LogP) is 4.77. The number of hydrogen-bond donors (Lipinski definition) is 1. The first-order valence-electron chi connectivity index (χ1n) is 9.72. The topological polar surface area (TPSA) is 77.0 Å². The number of esters is 1. The summed E-state index contributed by atoms with van der Waals surface area (Å²) in [5.41, 5.74) is 4.91. The molecule has 6 nitrogen and oxygen atoms in total. The van der Waals surface area contributed by atoms with Crippen molar-refractivity contribution in [2.75, 3.05) is 7.11 Å². The Morgan fingerprint density at radius 2 is 1.72 bits per heavy atom. The van der Waals surface area contributed by atoms with E-state index in [-0.39, 0.29) is 12.3 Å². The second-order valence-electron chi connectivity index (χ2n) is 6.70. The van der Waals surface area contributed by atoms with E-state index < -0.39 is 5.97 Å². The van der Waals surface area contributed by atoms with E-state index in [9.17, 15) is 9.59 Å². The predicted molar refractivity (Wildman–Crippen MR) is 128 cm³/mol. The maximum atomic E-state index is 12.1. The summed E-state index contributed by atoms with van der Waals surface area (Å²) in [6.45, 7) is 0. The molecule has 0 aromatic heterocycles. The zero-order valence-corrected chi connectivity index (χ0v) is 18.9. The Labute approximate surface area is 194 Å². The van der Waals surface area contributed by atoms with Crippen molar-refractivity contribution in [1.29, 1.82) is 0 Å². The lowest BCUT2D eigenvalue weighted by Crippen LogP contribution is -2.19. The molecular weight excluding hydrogens is 472 g/mol. The molecule has 0 aliphatic heterocycles. The quantitative estimate of drug-likeness (QED) is 0.161. The number of hydrogen-bond acceptors (Lipinski definition) is 5. The standard InChI is InChI=1S/C25H21BrN2O4/c1-31-22-12-7-18(8-13-22)9-14-25(30)32-23-4-2-3-20(15-23)17-27-28-24(29)16-19-5-10-21(26)11-6-19/h2-15,17H,16H2,1H3,(H,28,29)/b14-9+,27-17-. The Bertz CT molecular complexity index is 1120. The van der Waals surface area contributed by atoms with Crippen LogP contribution in [0.5, 0.6) is 11.5 Å². The second-order valence-corrected chi connectivity index (χ2v) is 7.61. The second kappa shape index (κ2) is 11.6. The van der Waals surface area contributed by atoms with Gasteiger partial charge in [0.05, 0.1) is 19.7 Å². The van der Waals surface area contributed by atoms with Crippen LogP contribution in [-0.2, 0) is 16.0 Å². The van der Waals surface area contributed by atoms with Crippen LogP contribution < -0.4 is 14.9 Å². The first-order chi connectivity index (χ1) is 15.5. The van der Waals surface area contributed by atoms with Crippen molar-refractivity contribution in [3.8, 4) is 11.5 Å².